The van der Waals surface area contributed by atoms with E-state index in [-0.39, 0.29) is 11.8 Å². The maximum absolute atomic E-state index is 10.8. The molecule has 1 aromatic carbocycles. The minimum absolute atomic E-state index is 0.117. The molecule has 0 aromatic heterocycles. The SMILES string of the molecule is C=C(NC(C)=O)c1ccc(NC(C)=O)cc1. The van der Waals surface area contributed by atoms with Gasteiger partial charge in [-0.3, -0.25) is 9.59 Å². The molecule has 0 unspecified atom stereocenters. The standard InChI is InChI=1S/C12H14N2O2/c1-8(13-9(2)15)11-4-6-12(7-5-11)14-10(3)16/h4-7H,1H2,2-3H3,(H,13,15)(H,14,16). The van der Waals surface area contributed by atoms with E-state index < -0.39 is 0 Å². The monoisotopic (exact) mass is 218 g/mol. The Morgan fingerprint density at radius 2 is 1.62 bits per heavy atom. The molecule has 2 amide bonds. The lowest BCUT2D eigenvalue weighted by molar-refractivity contribution is -0.118. The molecule has 0 saturated heterocycles. The number of hydrogen-bond donors (Lipinski definition) is 2. The molecule has 4 heteroatoms. The molecular formula is C12H14N2O2. The fourth-order valence-electron chi connectivity index (χ4n) is 1.24. The minimum Gasteiger partial charge on any atom is -0.326 e. The van der Waals surface area contributed by atoms with Crippen molar-refractivity contribution in [3.05, 3.63) is 36.4 Å². The first-order chi connectivity index (χ1) is 7.49. The van der Waals surface area contributed by atoms with Crippen LogP contribution in [0, 0.1) is 0 Å². The Hall–Kier alpha value is -2.10. The van der Waals surface area contributed by atoms with Gasteiger partial charge < -0.3 is 10.6 Å². The summed E-state index contributed by atoms with van der Waals surface area (Å²) < 4.78 is 0. The molecule has 0 saturated carbocycles. The van der Waals surface area contributed by atoms with Crippen molar-refractivity contribution in [3.8, 4) is 0 Å². The molecule has 0 aliphatic carbocycles. The number of carbonyl (C=O) groups is 2. The highest BCUT2D eigenvalue weighted by Gasteiger charge is 2.01. The summed E-state index contributed by atoms with van der Waals surface area (Å²) in [4.78, 5) is 21.6. The predicted octanol–water partition coefficient (Wildman–Crippen LogP) is 1.75. The van der Waals surface area contributed by atoms with Gasteiger partial charge in [0.25, 0.3) is 0 Å². The Morgan fingerprint density at radius 1 is 1.06 bits per heavy atom. The van der Waals surface area contributed by atoms with E-state index in [1.54, 1.807) is 24.3 Å². The highest BCUT2D eigenvalue weighted by molar-refractivity contribution is 5.89. The summed E-state index contributed by atoms with van der Waals surface area (Å²) in [6.45, 7) is 6.61. The first kappa shape index (κ1) is 12.0. The number of benzene rings is 1. The van der Waals surface area contributed by atoms with Crippen molar-refractivity contribution >= 4 is 23.2 Å². The summed E-state index contributed by atoms with van der Waals surface area (Å²) in [5.74, 6) is -0.274. The molecule has 0 aliphatic heterocycles. The quantitative estimate of drug-likeness (QED) is 0.812. The summed E-state index contributed by atoms with van der Waals surface area (Å²) in [6, 6.07) is 7.07. The Labute approximate surface area is 94.4 Å². The van der Waals surface area contributed by atoms with Gasteiger partial charge in [0.1, 0.15) is 0 Å². The molecule has 0 spiro atoms. The van der Waals surface area contributed by atoms with Gasteiger partial charge >= 0.3 is 0 Å². The highest BCUT2D eigenvalue weighted by Crippen LogP contribution is 2.14. The zero-order valence-electron chi connectivity index (χ0n) is 9.33. The third-order valence-corrected chi connectivity index (χ3v) is 1.88. The van der Waals surface area contributed by atoms with Crippen LogP contribution in [-0.2, 0) is 9.59 Å². The Morgan fingerprint density at radius 3 is 2.06 bits per heavy atom. The number of nitrogens with one attached hydrogen (secondary N) is 2. The lowest BCUT2D eigenvalue weighted by atomic mass is 10.1. The maximum Gasteiger partial charge on any atom is 0.221 e. The normalized spacial score (nSPS) is 9.38. The van der Waals surface area contributed by atoms with Gasteiger partial charge in [-0.05, 0) is 17.7 Å². The molecule has 4 nitrogen and oxygen atoms in total. The number of hydrogen-bond acceptors (Lipinski definition) is 2. The Bertz CT molecular complexity index is 421. The van der Waals surface area contributed by atoms with Gasteiger partial charge in [-0.1, -0.05) is 18.7 Å². The molecule has 0 radical (unpaired) electrons. The van der Waals surface area contributed by atoms with Gasteiger partial charge in [0.15, 0.2) is 0 Å². The summed E-state index contributed by atoms with van der Waals surface area (Å²) in [7, 11) is 0. The van der Waals surface area contributed by atoms with Gasteiger partial charge in [0.2, 0.25) is 11.8 Å². The number of anilines is 1. The van der Waals surface area contributed by atoms with E-state index in [9.17, 15) is 9.59 Å². The third kappa shape index (κ3) is 3.57. The highest BCUT2D eigenvalue weighted by atomic mass is 16.2. The van der Waals surface area contributed by atoms with Gasteiger partial charge in [-0.15, -0.1) is 0 Å². The van der Waals surface area contributed by atoms with Crippen molar-refractivity contribution < 1.29 is 9.59 Å². The number of rotatable bonds is 3. The smallest absolute Gasteiger partial charge is 0.221 e. The second-order valence-electron chi connectivity index (χ2n) is 3.42. The minimum atomic E-state index is -0.157. The van der Waals surface area contributed by atoms with Crippen molar-refractivity contribution in [2.24, 2.45) is 0 Å². The summed E-state index contributed by atoms with van der Waals surface area (Å²) in [5.41, 5.74) is 2.07. The fourth-order valence-corrected chi connectivity index (χ4v) is 1.24. The number of carbonyl (C=O) groups excluding carboxylic acids is 2. The average Bonchev–Trinajstić information content (AvgIpc) is 2.16. The van der Waals surface area contributed by atoms with Crippen LogP contribution in [0.25, 0.3) is 5.70 Å². The van der Waals surface area contributed by atoms with Crippen LogP contribution < -0.4 is 10.6 Å². The van der Waals surface area contributed by atoms with E-state index >= 15 is 0 Å². The van der Waals surface area contributed by atoms with E-state index in [2.05, 4.69) is 17.2 Å². The molecule has 0 fully saturated rings. The molecule has 1 aromatic rings. The first-order valence-electron chi connectivity index (χ1n) is 4.83. The Balaban J connectivity index is 2.74. The van der Waals surface area contributed by atoms with Gasteiger partial charge in [-0.25, -0.2) is 0 Å². The van der Waals surface area contributed by atoms with Crippen molar-refractivity contribution in [1.29, 1.82) is 0 Å². The molecule has 1 rings (SSSR count). The van der Waals surface area contributed by atoms with Crippen LogP contribution in [0.3, 0.4) is 0 Å². The summed E-state index contributed by atoms with van der Waals surface area (Å²) in [6.07, 6.45) is 0. The van der Waals surface area contributed by atoms with Crippen LogP contribution in [0.15, 0.2) is 30.8 Å². The van der Waals surface area contributed by atoms with E-state index in [0.717, 1.165) is 5.56 Å². The summed E-state index contributed by atoms with van der Waals surface area (Å²) in [5, 5.41) is 5.25. The average molecular weight is 218 g/mol. The first-order valence-corrected chi connectivity index (χ1v) is 4.83. The zero-order chi connectivity index (χ0) is 12.1. The number of amides is 2. The van der Waals surface area contributed by atoms with Crippen LogP contribution in [-0.4, -0.2) is 11.8 Å². The second-order valence-corrected chi connectivity index (χ2v) is 3.42. The Kier molecular flexibility index (Phi) is 3.83. The molecule has 0 heterocycles. The summed E-state index contributed by atoms with van der Waals surface area (Å²) >= 11 is 0. The van der Waals surface area contributed by atoms with Gasteiger partial charge in [0.05, 0.1) is 0 Å². The molecule has 0 atom stereocenters. The van der Waals surface area contributed by atoms with Crippen molar-refractivity contribution in [3.63, 3.8) is 0 Å². The van der Waals surface area contributed by atoms with E-state index in [0.29, 0.717) is 11.4 Å². The zero-order valence-corrected chi connectivity index (χ0v) is 9.33. The van der Waals surface area contributed by atoms with Crippen LogP contribution in [0.2, 0.25) is 0 Å². The van der Waals surface area contributed by atoms with Gasteiger partial charge in [0, 0.05) is 25.2 Å². The van der Waals surface area contributed by atoms with E-state index in [1.807, 2.05) is 0 Å². The molecule has 16 heavy (non-hydrogen) atoms. The van der Waals surface area contributed by atoms with Crippen molar-refractivity contribution in [1.82, 2.24) is 5.32 Å². The topological polar surface area (TPSA) is 58.2 Å². The van der Waals surface area contributed by atoms with E-state index in [1.165, 1.54) is 13.8 Å². The fraction of sp³-hybridized carbons (Fsp3) is 0.167. The van der Waals surface area contributed by atoms with E-state index in [4.69, 9.17) is 0 Å². The lowest BCUT2D eigenvalue weighted by Crippen LogP contribution is -2.17. The van der Waals surface area contributed by atoms with Crippen LogP contribution in [0.1, 0.15) is 19.4 Å². The molecule has 84 valence electrons. The van der Waals surface area contributed by atoms with Crippen molar-refractivity contribution in [2.75, 3.05) is 5.32 Å². The van der Waals surface area contributed by atoms with Crippen LogP contribution in [0.4, 0.5) is 5.69 Å². The third-order valence-electron chi connectivity index (χ3n) is 1.88. The molecular weight excluding hydrogens is 204 g/mol. The molecule has 0 aliphatic rings. The van der Waals surface area contributed by atoms with Crippen molar-refractivity contribution in [2.45, 2.75) is 13.8 Å². The predicted molar refractivity (Wildman–Crippen MR) is 63.6 cm³/mol. The van der Waals surface area contributed by atoms with Crippen LogP contribution in [0.5, 0.6) is 0 Å². The molecule has 0 bridgehead atoms. The van der Waals surface area contributed by atoms with Crippen LogP contribution >= 0.6 is 0 Å². The second kappa shape index (κ2) is 5.11. The van der Waals surface area contributed by atoms with Gasteiger partial charge in [-0.2, -0.15) is 0 Å². The lowest BCUT2D eigenvalue weighted by Gasteiger charge is -2.07. The largest absolute Gasteiger partial charge is 0.326 e. The maximum atomic E-state index is 10.8. The molecule has 2 N–H and O–H groups in total.